The van der Waals surface area contributed by atoms with E-state index in [2.05, 4.69) is 10.2 Å². The van der Waals surface area contributed by atoms with Gasteiger partial charge < -0.3 is 19.5 Å². The summed E-state index contributed by atoms with van der Waals surface area (Å²) >= 11 is 0. The maximum absolute atomic E-state index is 12.8. The van der Waals surface area contributed by atoms with E-state index >= 15 is 0 Å². The van der Waals surface area contributed by atoms with Crippen LogP contribution in [0.1, 0.15) is 50.0 Å². The van der Waals surface area contributed by atoms with Crippen LogP contribution in [0.5, 0.6) is 0 Å². The van der Waals surface area contributed by atoms with E-state index in [4.69, 9.17) is 4.42 Å². The third-order valence-corrected chi connectivity index (χ3v) is 6.11. The minimum Gasteiger partial charge on any atom is -0.464 e. The largest absolute Gasteiger partial charge is 0.464 e. The second-order valence-corrected chi connectivity index (χ2v) is 8.29. The van der Waals surface area contributed by atoms with Gasteiger partial charge in [-0.2, -0.15) is 0 Å². The predicted octanol–water partition coefficient (Wildman–Crippen LogP) is 2.07. The van der Waals surface area contributed by atoms with Crippen LogP contribution in [-0.4, -0.2) is 53.8 Å². The molecule has 3 aliphatic rings. The molecule has 3 fully saturated rings. The van der Waals surface area contributed by atoms with Crippen molar-refractivity contribution in [3.8, 4) is 0 Å². The first-order valence-corrected chi connectivity index (χ1v) is 9.90. The van der Waals surface area contributed by atoms with Crippen LogP contribution in [0.25, 0.3) is 0 Å². The van der Waals surface area contributed by atoms with Gasteiger partial charge in [0.25, 0.3) is 0 Å². The Morgan fingerprint density at radius 2 is 2.08 bits per heavy atom. The smallest absolute Gasteiger partial charge is 0.242 e. The minimum absolute atomic E-state index is 0.00757. The van der Waals surface area contributed by atoms with E-state index in [0.717, 1.165) is 24.6 Å². The molecule has 0 bridgehead atoms. The lowest BCUT2D eigenvalue weighted by atomic mass is 10.1. The summed E-state index contributed by atoms with van der Waals surface area (Å²) in [6, 6.07) is 3.40. The van der Waals surface area contributed by atoms with Crippen LogP contribution < -0.4 is 5.32 Å². The lowest BCUT2D eigenvalue weighted by molar-refractivity contribution is -0.136. The molecule has 1 unspecified atom stereocenters. The van der Waals surface area contributed by atoms with Gasteiger partial charge in [0, 0.05) is 24.9 Å². The van der Waals surface area contributed by atoms with Gasteiger partial charge >= 0.3 is 0 Å². The fourth-order valence-electron chi connectivity index (χ4n) is 4.32. The number of rotatable bonds is 7. The Hall–Kier alpha value is -1.82. The standard InChI is InChI=1S/C20H29N3O3/c1-15-4-5-16(26-15)12-23-17(6-7-18(23)24)19(25)21-13-20(8-9-20)14-22-10-2-3-11-22/h4-5,17H,2-3,6-14H2,1H3,(H,21,25). The summed E-state index contributed by atoms with van der Waals surface area (Å²) in [6.07, 6.45) is 6.04. The molecular weight excluding hydrogens is 330 g/mol. The molecule has 2 saturated heterocycles. The molecule has 26 heavy (non-hydrogen) atoms. The molecule has 6 heteroatoms. The highest BCUT2D eigenvalue weighted by atomic mass is 16.3. The summed E-state index contributed by atoms with van der Waals surface area (Å²) in [4.78, 5) is 29.2. The summed E-state index contributed by atoms with van der Waals surface area (Å²) in [6.45, 7) is 6.50. The lowest BCUT2D eigenvalue weighted by Gasteiger charge is -2.26. The average molecular weight is 359 g/mol. The van der Waals surface area contributed by atoms with Gasteiger partial charge in [-0.1, -0.05) is 0 Å². The molecule has 0 radical (unpaired) electrons. The Labute approximate surface area is 154 Å². The second-order valence-electron chi connectivity index (χ2n) is 8.29. The molecule has 2 amide bonds. The van der Waals surface area contributed by atoms with Crippen molar-refractivity contribution < 1.29 is 14.0 Å². The van der Waals surface area contributed by atoms with Crippen LogP contribution in [0.4, 0.5) is 0 Å². The lowest BCUT2D eigenvalue weighted by Crippen LogP contribution is -2.46. The Balaban J connectivity index is 1.32. The highest BCUT2D eigenvalue weighted by molar-refractivity contribution is 5.90. The van der Waals surface area contributed by atoms with Gasteiger partial charge in [-0.25, -0.2) is 0 Å². The first kappa shape index (κ1) is 17.6. The summed E-state index contributed by atoms with van der Waals surface area (Å²) in [5.41, 5.74) is 0.269. The normalized spacial score (nSPS) is 25.0. The number of amides is 2. The fraction of sp³-hybridized carbons (Fsp3) is 0.700. The number of furan rings is 1. The van der Waals surface area contributed by atoms with Gasteiger partial charge in [-0.15, -0.1) is 0 Å². The highest BCUT2D eigenvalue weighted by Gasteiger charge is 2.45. The molecule has 142 valence electrons. The molecule has 1 saturated carbocycles. The zero-order chi connectivity index (χ0) is 18.1. The van der Waals surface area contributed by atoms with Crippen molar-refractivity contribution in [3.63, 3.8) is 0 Å². The quantitative estimate of drug-likeness (QED) is 0.809. The van der Waals surface area contributed by atoms with E-state index in [1.807, 2.05) is 19.1 Å². The molecule has 1 aromatic heterocycles. The first-order chi connectivity index (χ1) is 12.5. The van der Waals surface area contributed by atoms with Gasteiger partial charge in [0.05, 0.1) is 6.54 Å². The van der Waals surface area contributed by atoms with Crippen LogP contribution >= 0.6 is 0 Å². The maximum Gasteiger partial charge on any atom is 0.242 e. The number of aryl methyl sites for hydroxylation is 1. The van der Waals surface area contributed by atoms with E-state index < -0.39 is 0 Å². The molecule has 2 aliphatic heterocycles. The average Bonchev–Trinajstić information content (AvgIpc) is 2.96. The van der Waals surface area contributed by atoms with Gasteiger partial charge in [0.2, 0.25) is 11.8 Å². The molecule has 3 heterocycles. The second kappa shape index (κ2) is 7.06. The predicted molar refractivity (Wildman–Crippen MR) is 97.4 cm³/mol. The molecular formula is C20H29N3O3. The summed E-state index contributed by atoms with van der Waals surface area (Å²) in [5, 5.41) is 3.15. The van der Waals surface area contributed by atoms with Crippen molar-refractivity contribution in [1.29, 1.82) is 0 Å². The van der Waals surface area contributed by atoms with Crippen molar-refractivity contribution in [2.45, 2.75) is 58.0 Å². The van der Waals surface area contributed by atoms with E-state index in [1.165, 1.54) is 38.8 Å². The van der Waals surface area contributed by atoms with E-state index in [9.17, 15) is 9.59 Å². The molecule has 1 aromatic rings. The molecule has 0 spiro atoms. The zero-order valence-corrected chi connectivity index (χ0v) is 15.6. The van der Waals surface area contributed by atoms with Crippen molar-refractivity contribution in [3.05, 3.63) is 23.7 Å². The van der Waals surface area contributed by atoms with Crippen LogP contribution in [0.2, 0.25) is 0 Å². The Kier molecular flexibility index (Phi) is 4.78. The third-order valence-electron chi connectivity index (χ3n) is 6.11. The van der Waals surface area contributed by atoms with Gasteiger partial charge in [0.1, 0.15) is 17.6 Å². The Bertz CT molecular complexity index is 674. The SMILES string of the molecule is Cc1ccc(CN2C(=O)CCC2C(=O)NCC2(CN3CCCC3)CC2)o1. The maximum atomic E-state index is 12.8. The van der Waals surface area contributed by atoms with Crippen molar-refractivity contribution >= 4 is 11.8 Å². The van der Waals surface area contributed by atoms with Gasteiger partial charge in [-0.05, 0) is 64.3 Å². The Morgan fingerprint density at radius 3 is 2.73 bits per heavy atom. The molecule has 4 rings (SSSR count). The van der Waals surface area contributed by atoms with E-state index in [1.54, 1.807) is 4.90 Å². The number of carbonyl (C=O) groups excluding carboxylic acids is 2. The number of nitrogens with zero attached hydrogens (tertiary/aromatic N) is 2. The van der Waals surface area contributed by atoms with Crippen LogP contribution in [0.3, 0.4) is 0 Å². The molecule has 1 atom stereocenters. The first-order valence-electron chi connectivity index (χ1n) is 9.90. The monoisotopic (exact) mass is 359 g/mol. The minimum atomic E-state index is -0.365. The number of likely N-dealkylation sites (tertiary alicyclic amines) is 2. The van der Waals surface area contributed by atoms with Crippen LogP contribution in [0.15, 0.2) is 16.5 Å². The number of nitrogens with one attached hydrogen (secondary N) is 1. The van der Waals surface area contributed by atoms with Crippen molar-refractivity contribution in [2.24, 2.45) is 5.41 Å². The van der Waals surface area contributed by atoms with E-state index in [0.29, 0.717) is 19.4 Å². The topological polar surface area (TPSA) is 65.8 Å². The van der Waals surface area contributed by atoms with Gasteiger partial charge in [-0.3, -0.25) is 9.59 Å². The molecule has 1 aliphatic carbocycles. The molecule has 0 aromatic carbocycles. The summed E-state index contributed by atoms with van der Waals surface area (Å²) in [5.74, 6) is 1.60. The number of hydrogen-bond acceptors (Lipinski definition) is 4. The highest BCUT2D eigenvalue weighted by Crippen LogP contribution is 2.46. The summed E-state index contributed by atoms with van der Waals surface area (Å²) < 4.78 is 5.59. The van der Waals surface area contributed by atoms with Gasteiger partial charge in [0.15, 0.2) is 0 Å². The van der Waals surface area contributed by atoms with Crippen LogP contribution in [-0.2, 0) is 16.1 Å². The fourth-order valence-corrected chi connectivity index (χ4v) is 4.32. The molecule has 1 N–H and O–H groups in total. The van der Waals surface area contributed by atoms with Crippen LogP contribution in [0, 0.1) is 12.3 Å². The number of carbonyl (C=O) groups is 2. The summed E-state index contributed by atoms with van der Waals surface area (Å²) in [7, 11) is 0. The zero-order valence-electron chi connectivity index (χ0n) is 15.6. The number of hydrogen-bond donors (Lipinski definition) is 1. The van der Waals surface area contributed by atoms with E-state index in [-0.39, 0.29) is 23.3 Å². The van der Waals surface area contributed by atoms with Crippen molar-refractivity contribution in [1.82, 2.24) is 15.1 Å². The molecule has 6 nitrogen and oxygen atoms in total. The third kappa shape index (κ3) is 3.80. The Morgan fingerprint density at radius 1 is 1.31 bits per heavy atom. The van der Waals surface area contributed by atoms with Crippen molar-refractivity contribution in [2.75, 3.05) is 26.2 Å².